The molecule has 0 aliphatic carbocycles. The standard InChI is InChI=1S/C22H38O8S2/c23-31(24,25)29-21-19-17-15-13-11-9-7-5-3-1-2-4-6-8-10-12-14-16-18-20-22-30-32(26,27)28/h5-22H2,(H,23,24,25)(H,26,27,28). The molecule has 0 bridgehead atoms. The van der Waals surface area contributed by atoms with E-state index >= 15 is 0 Å². The smallest absolute Gasteiger partial charge is 0.264 e. The molecular formula is C22H38O8S2. The van der Waals surface area contributed by atoms with Crippen molar-refractivity contribution >= 4 is 20.8 Å². The number of hydrogen-bond acceptors (Lipinski definition) is 6. The second kappa shape index (κ2) is 20.5. The molecule has 0 aliphatic rings. The summed E-state index contributed by atoms with van der Waals surface area (Å²) >= 11 is 0. The molecule has 0 unspecified atom stereocenters. The summed E-state index contributed by atoms with van der Waals surface area (Å²) < 4.78 is 66.8. The summed E-state index contributed by atoms with van der Waals surface area (Å²) in [5.74, 6) is 12.0. The Hall–Kier alpha value is -1.14. The zero-order valence-corrected chi connectivity index (χ0v) is 20.5. The van der Waals surface area contributed by atoms with E-state index in [4.69, 9.17) is 9.11 Å². The zero-order valence-electron chi connectivity index (χ0n) is 18.9. The van der Waals surface area contributed by atoms with Gasteiger partial charge in [-0.3, -0.25) is 9.11 Å². The van der Waals surface area contributed by atoms with E-state index in [0.29, 0.717) is 12.8 Å². The zero-order chi connectivity index (χ0) is 24.0. The molecule has 0 heterocycles. The Morgan fingerprint density at radius 1 is 0.469 bits per heavy atom. The molecule has 0 aromatic heterocycles. The van der Waals surface area contributed by atoms with Crippen molar-refractivity contribution in [2.75, 3.05) is 13.2 Å². The molecular weight excluding hydrogens is 456 g/mol. The van der Waals surface area contributed by atoms with Crippen LogP contribution in [0, 0.1) is 23.7 Å². The first-order valence-electron chi connectivity index (χ1n) is 11.4. The van der Waals surface area contributed by atoms with Crippen molar-refractivity contribution in [1.29, 1.82) is 0 Å². The quantitative estimate of drug-likeness (QED) is 0.139. The van der Waals surface area contributed by atoms with Crippen molar-refractivity contribution < 1.29 is 34.3 Å². The molecule has 2 N–H and O–H groups in total. The third kappa shape index (κ3) is 28.9. The molecule has 0 fully saturated rings. The highest BCUT2D eigenvalue weighted by Crippen LogP contribution is 2.09. The van der Waals surface area contributed by atoms with Gasteiger partial charge in [-0.05, 0) is 37.5 Å². The molecule has 8 nitrogen and oxygen atoms in total. The number of unbranched alkanes of at least 4 members (excludes halogenated alkanes) is 14. The van der Waals surface area contributed by atoms with Gasteiger partial charge in [0.2, 0.25) is 0 Å². The van der Waals surface area contributed by atoms with Crippen molar-refractivity contribution in [1.82, 2.24) is 0 Å². The molecule has 0 saturated carbocycles. The first kappa shape index (κ1) is 30.9. The molecule has 0 amide bonds. The molecule has 0 atom stereocenters. The van der Waals surface area contributed by atoms with Crippen LogP contribution in [0.15, 0.2) is 0 Å². The summed E-state index contributed by atoms with van der Waals surface area (Å²) in [4.78, 5) is 0. The first-order valence-corrected chi connectivity index (χ1v) is 14.1. The highest BCUT2D eigenvalue weighted by atomic mass is 32.3. The van der Waals surface area contributed by atoms with Crippen LogP contribution >= 0.6 is 0 Å². The Morgan fingerprint density at radius 2 is 0.750 bits per heavy atom. The van der Waals surface area contributed by atoms with Gasteiger partial charge in [0.1, 0.15) is 0 Å². The number of hydrogen-bond donors (Lipinski definition) is 2. The van der Waals surface area contributed by atoms with Gasteiger partial charge in [0, 0.05) is 12.8 Å². The maximum atomic E-state index is 10.4. The second-order valence-corrected chi connectivity index (χ2v) is 9.74. The SMILES string of the molecule is O=S(=O)(O)OCCCCCCCCCC#CC#CCCCCCCCCCOS(=O)(=O)O. The number of rotatable bonds is 20. The van der Waals surface area contributed by atoms with Gasteiger partial charge in [0.05, 0.1) is 13.2 Å². The van der Waals surface area contributed by atoms with Gasteiger partial charge in [-0.15, -0.1) is 0 Å². The molecule has 0 radical (unpaired) electrons. The fourth-order valence-corrected chi connectivity index (χ4v) is 3.60. The van der Waals surface area contributed by atoms with Crippen LogP contribution in [-0.4, -0.2) is 39.2 Å². The van der Waals surface area contributed by atoms with Crippen molar-refractivity contribution in [3.8, 4) is 23.7 Å². The van der Waals surface area contributed by atoms with Gasteiger partial charge in [-0.25, -0.2) is 8.37 Å². The Kier molecular flexibility index (Phi) is 19.7. The largest absolute Gasteiger partial charge is 0.397 e. The van der Waals surface area contributed by atoms with Crippen molar-refractivity contribution in [2.45, 2.75) is 103 Å². The molecule has 186 valence electrons. The molecule has 0 rings (SSSR count). The average molecular weight is 495 g/mol. The van der Waals surface area contributed by atoms with E-state index in [0.717, 1.165) is 89.9 Å². The molecule has 0 aromatic carbocycles. The first-order chi connectivity index (χ1) is 15.2. The monoisotopic (exact) mass is 494 g/mol. The summed E-state index contributed by atoms with van der Waals surface area (Å²) in [6.07, 6.45) is 15.6. The van der Waals surface area contributed by atoms with Gasteiger partial charge in [0.25, 0.3) is 0 Å². The van der Waals surface area contributed by atoms with Gasteiger partial charge in [0.15, 0.2) is 0 Å². The van der Waals surface area contributed by atoms with Crippen LogP contribution in [0.5, 0.6) is 0 Å². The van der Waals surface area contributed by atoms with Gasteiger partial charge in [-0.1, -0.05) is 76.0 Å². The summed E-state index contributed by atoms with van der Waals surface area (Å²) in [6, 6.07) is 0. The van der Waals surface area contributed by atoms with E-state index in [9.17, 15) is 16.8 Å². The predicted molar refractivity (Wildman–Crippen MR) is 124 cm³/mol. The van der Waals surface area contributed by atoms with Crippen LogP contribution in [-0.2, 0) is 29.2 Å². The van der Waals surface area contributed by atoms with Gasteiger partial charge >= 0.3 is 20.8 Å². The summed E-state index contributed by atoms with van der Waals surface area (Å²) in [5.41, 5.74) is 0. The highest BCUT2D eigenvalue weighted by Gasteiger charge is 2.03. The molecule has 0 saturated heterocycles. The van der Waals surface area contributed by atoms with Crippen molar-refractivity contribution in [3.05, 3.63) is 0 Å². The normalized spacial score (nSPS) is 11.4. The molecule has 32 heavy (non-hydrogen) atoms. The third-order valence-electron chi connectivity index (χ3n) is 4.60. The summed E-state index contributed by atoms with van der Waals surface area (Å²) in [6.45, 7) is 0.0747. The molecule has 0 aliphatic heterocycles. The lowest BCUT2D eigenvalue weighted by Crippen LogP contribution is -2.04. The van der Waals surface area contributed by atoms with Crippen molar-refractivity contribution in [2.24, 2.45) is 0 Å². The second-order valence-electron chi connectivity index (χ2n) is 7.55. The minimum Gasteiger partial charge on any atom is -0.264 e. The van der Waals surface area contributed by atoms with E-state index < -0.39 is 20.8 Å². The topological polar surface area (TPSA) is 127 Å². The van der Waals surface area contributed by atoms with Crippen molar-refractivity contribution in [3.63, 3.8) is 0 Å². The van der Waals surface area contributed by atoms with E-state index in [1.807, 2.05) is 0 Å². The van der Waals surface area contributed by atoms with Crippen LogP contribution in [0.25, 0.3) is 0 Å². The minimum absolute atomic E-state index is 0.0374. The summed E-state index contributed by atoms with van der Waals surface area (Å²) in [5, 5.41) is 0. The molecule has 10 heteroatoms. The Labute approximate surface area is 194 Å². The fourth-order valence-electron chi connectivity index (χ4n) is 2.94. The molecule has 0 spiro atoms. The lowest BCUT2D eigenvalue weighted by molar-refractivity contribution is 0.260. The van der Waals surface area contributed by atoms with E-state index in [1.165, 1.54) is 0 Å². The highest BCUT2D eigenvalue weighted by molar-refractivity contribution is 7.81. The van der Waals surface area contributed by atoms with E-state index in [2.05, 4.69) is 32.0 Å². The van der Waals surface area contributed by atoms with Crippen LogP contribution in [0.2, 0.25) is 0 Å². The molecule has 0 aromatic rings. The van der Waals surface area contributed by atoms with Crippen LogP contribution in [0.1, 0.15) is 103 Å². The predicted octanol–water partition coefficient (Wildman–Crippen LogP) is 4.87. The van der Waals surface area contributed by atoms with Crippen LogP contribution < -0.4 is 0 Å². The average Bonchev–Trinajstić information content (AvgIpc) is 2.69. The third-order valence-corrected chi connectivity index (χ3v) is 5.53. The van der Waals surface area contributed by atoms with E-state index in [1.54, 1.807) is 0 Å². The Morgan fingerprint density at radius 3 is 1.06 bits per heavy atom. The Bertz CT molecular complexity index is 715. The maximum absolute atomic E-state index is 10.4. The van der Waals surface area contributed by atoms with Gasteiger partial charge in [-0.2, -0.15) is 16.8 Å². The van der Waals surface area contributed by atoms with Gasteiger partial charge < -0.3 is 0 Å². The Balaban J connectivity index is 3.33. The minimum atomic E-state index is -4.30. The van der Waals surface area contributed by atoms with Crippen LogP contribution in [0.3, 0.4) is 0 Å². The van der Waals surface area contributed by atoms with E-state index in [-0.39, 0.29) is 13.2 Å². The maximum Gasteiger partial charge on any atom is 0.397 e. The fraction of sp³-hybridized carbons (Fsp3) is 0.818. The summed E-state index contributed by atoms with van der Waals surface area (Å²) in [7, 11) is -8.60. The van der Waals surface area contributed by atoms with Crippen LogP contribution in [0.4, 0.5) is 0 Å². The lowest BCUT2D eigenvalue weighted by Gasteiger charge is -2.01. The lowest BCUT2D eigenvalue weighted by atomic mass is 10.1.